The number of rotatable bonds is 0. The summed E-state index contributed by atoms with van der Waals surface area (Å²) in [6.45, 7) is 5.38. The van der Waals surface area contributed by atoms with E-state index in [1.807, 2.05) is 16.3 Å². The molecule has 100 valence electrons. The first-order valence-corrected chi connectivity index (χ1v) is 8.53. The second kappa shape index (κ2) is 3.85. The van der Waals surface area contributed by atoms with Gasteiger partial charge in [0.25, 0.3) is 5.56 Å². The van der Waals surface area contributed by atoms with Crippen molar-refractivity contribution < 1.29 is 0 Å². The average Bonchev–Trinajstić information content (AvgIpc) is 2.92. The number of aryl methyl sites for hydroxylation is 1. The molecule has 0 atom stereocenters. The Morgan fingerprint density at radius 1 is 1.37 bits per heavy atom. The van der Waals surface area contributed by atoms with Crippen LogP contribution in [0.15, 0.2) is 4.79 Å². The zero-order valence-corrected chi connectivity index (χ0v) is 12.8. The molecule has 2 aromatic heterocycles. The summed E-state index contributed by atoms with van der Waals surface area (Å²) in [7, 11) is 0. The summed E-state index contributed by atoms with van der Waals surface area (Å²) in [4.78, 5) is 19.8. The van der Waals surface area contributed by atoms with Crippen molar-refractivity contribution in [1.29, 1.82) is 0 Å². The minimum atomic E-state index is 0.206. The molecule has 0 fully saturated rings. The van der Waals surface area contributed by atoms with Crippen LogP contribution in [-0.4, -0.2) is 14.3 Å². The maximum absolute atomic E-state index is 12.7. The Kier molecular flexibility index (Phi) is 2.43. The van der Waals surface area contributed by atoms with Crippen molar-refractivity contribution >= 4 is 33.3 Å². The first kappa shape index (κ1) is 12.0. The fraction of sp³-hybridized carbons (Fsp3) is 0.571. The summed E-state index contributed by atoms with van der Waals surface area (Å²) in [5.41, 5.74) is 1.49. The second-order valence-corrected chi connectivity index (χ2v) is 8.76. The summed E-state index contributed by atoms with van der Waals surface area (Å²) in [5, 5.41) is 0.916. The normalized spacial score (nSPS) is 20.5. The monoisotopic (exact) mass is 292 g/mol. The van der Waals surface area contributed by atoms with Gasteiger partial charge in [0.15, 0.2) is 0 Å². The lowest BCUT2D eigenvalue weighted by Gasteiger charge is -2.28. The van der Waals surface area contributed by atoms with Gasteiger partial charge < -0.3 is 0 Å². The topological polar surface area (TPSA) is 34.9 Å². The lowest BCUT2D eigenvalue weighted by atomic mass is 10.00. The minimum Gasteiger partial charge on any atom is -0.296 e. The Bertz CT molecular complexity index is 742. The minimum absolute atomic E-state index is 0.206. The highest BCUT2D eigenvalue weighted by molar-refractivity contribution is 8.00. The average molecular weight is 292 g/mol. The number of hydrogen-bond donors (Lipinski definition) is 0. The van der Waals surface area contributed by atoms with E-state index in [0.29, 0.717) is 0 Å². The molecule has 0 aromatic carbocycles. The van der Waals surface area contributed by atoms with Gasteiger partial charge in [-0.1, -0.05) is 13.8 Å². The lowest BCUT2D eigenvalue weighted by Crippen LogP contribution is -2.25. The summed E-state index contributed by atoms with van der Waals surface area (Å²) in [5.74, 6) is 2.01. The molecule has 4 heterocycles. The zero-order valence-electron chi connectivity index (χ0n) is 11.2. The molecule has 0 saturated heterocycles. The third kappa shape index (κ3) is 1.71. The predicted molar refractivity (Wildman–Crippen MR) is 81.3 cm³/mol. The van der Waals surface area contributed by atoms with Gasteiger partial charge in [-0.05, 0) is 18.4 Å². The molecule has 0 saturated carbocycles. The third-order valence-corrected chi connectivity index (χ3v) is 6.72. The van der Waals surface area contributed by atoms with Gasteiger partial charge in [0.1, 0.15) is 10.7 Å². The zero-order chi connectivity index (χ0) is 13.2. The molecule has 2 aromatic rings. The van der Waals surface area contributed by atoms with Crippen LogP contribution in [0.2, 0.25) is 0 Å². The number of thioether (sulfide) groups is 1. The first-order valence-electron chi connectivity index (χ1n) is 6.73. The van der Waals surface area contributed by atoms with Crippen molar-refractivity contribution in [2.75, 3.05) is 0 Å². The van der Waals surface area contributed by atoms with Crippen LogP contribution in [-0.2, 0) is 25.1 Å². The third-order valence-electron chi connectivity index (χ3n) is 4.05. The molecule has 0 aliphatic carbocycles. The molecule has 4 rings (SSSR count). The molecular weight excluding hydrogens is 276 g/mol. The molecule has 2 aliphatic rings. The molecular formula is C14H16N2OS2. The SMILES string of the molecule is CC1(C)Cc2c(sc3nc4n(c(=O)c23)CCC4)CS1. The number of aromatic nitrogens is 2. The van der Waals surface area contributed by atoms with E-state index >= 15 is 0 Å². The van der Waals surface area contributed by atoms with E-state index in [9.17, 15) is 4.79 Å². The van der Waals surface area contributed by atoms with E-state index in [4.69, 9.17) is 4.98 Å². The molecule has 2 aliphatic heterocycles. The Morgan fingerprint density at radius 3 is 3.05 bits per heavy atom. The highest BCUT2D eigenvalue weighted by Gasteiger charge is 2.31. The molecule has 0 bridgehead atoms. The fourth-order valence-corrected chi connectivity index (χ4v) is 5.43. The first-order chi connectivity index (χ1) is 9.05. The quantitative estimate of drug-likeness (QED) is 0.749. The standard InChI is InChI=1S/C14H16N2OS2/c1-14(2)6-8-9(7-18-14)19-12-11(8)13(17)16-5-3-4-10(16)15-12/h3-7H2,1-2H3. The van der Waals surface area contributed by atoms with Gasteiger partial charge in [-0.2, -0.15) is 0 Å². The highest BCUT2D eigenvalue weighted by atomic mass is 32.2. The van der Waals surface area contributed by atoms with Crippen LogP contribution in [0.1, 0.15) is 36.5 Å². The maximum atomic E-state index is 12.7. The maximum Gasteiger partial charge on any atom is 0.262 e. The number of thiophene rings is 1. The van der Waals surface area contributed by atoms with Gasteiger partial charge in [-0.25, -0.2) is 4.98 Å². The molecule has 3 nitrogen and oxygen atoms in total. The van der Waals surface area contributed by atoms with Crippen molar-refractivity contribution in [3.63, 3.8) is 0 Å². The summed E-state index contributed by atoms with van der Waals surface area (Å²) in [6.07, 6.45) is 3.00. The fourth-order valence-electron chi connectivity index (χ4n) is 3.08. The van der Waals surface area contributed by atoms with E-state index in [1.165, 1.54) is 10.4 Å². The summed E-state index contributed by atoms with van der Waals surface area (Å²) in [6, 6.07) is 0. The van der Waals surface area contributed by atoms with Crippen LogP contribution in [0.5, 0.6) is 0 Å². The van der Waals surface area contributed by atoms with Crippen molar-refractivity contribution in [3.05, 3.63) is 26.6 Å². The molecule has 0 unspecified atom stereocenters. The van der Waals surface area contributed by atoms with E-state index < -0.39 is 0 Å². The van der Waals surface area contributed by atoms with Crippen molar-refractivity contribution in [3.8, 4) is 0 Å². The molecule has 0 radical (unpaired) electrons. The molecule has 0 amide bonds. The number of fused-ring (bicyclic) bond motifs is 4. The van der Waals surface area contributed by atoms with Gasteiger partial charge in [0.05, 0.1) is 5.39 Å². The molecule has 19 heavy (non-hydrogen) atoms. The largest absolute Gasteiger partial charge is 0.296 e. The number of nitrogens with zero attached hydrogens (tertiary/aromatic N) is 2. The smallest absolute Gasteiger partial charge is 0.262 e. The Hall–Kier alpha value is -0.810. The Balaban J connectivity index is 2.04. The van der Waals surface area contributed by atoms with Crippen LogP contribution in [0, 0.1) is 0 Å². The number of hydrogen-bond acceptors (Lipinski definition) is 4. The second-order valence-electron chi connectivity index (χ2n) is 6.00. The van der Waals surface area contributed by atoms with Gasteiger partial charge in [-0.15, -0.1) is 23.1 Å². The summed E-state index contributed by atoms with van der Waals surface area (Å²) < 4.78 is 2.13. The summed E-state index contributed by atoms with van der Waals surface area (Å²) >= 11 is 3.72. The van der Waals surface area contributed by atoms with E-state index in [2.05, 4.69) is 13.8 Å². The van der Waals surface area contributed by atoms with Gasteiger partial charge in [0, 0.05) is 28.3 Å². The van der Waals surface area contributed by atoms with Crippen molar-refractivity contribution in [2.24, 2.45) is 0 Å². The lowest BCUT2D eigenvalue weighted by molar-refractivity contribution is 0.695. The van der Waals surface area contributed by atoms with Crippen molar-refractivity contribution in [1.82, 2.24) is 9.55 Å². The Morgan fingerprint density at radius 2 is 2.21 bits per heavy atom. The van der Waals surface area contributed by atoms with Crippen LogP contribution >= 0.6 is 23.1 Å². The highest BCUT2D eigenvalue weighted by Crippen LogP contribution is 2.43. The molecule has 0 spiro atoms. The molecule has 5 heteroatoms. The van der Waals surface area contributed by atoms with Crippen LogP contribution in [0.4, 0.5) is 0 Å². The van der Waals surface area contributed by atoms with Gasteiger partial charge in [-0.3, -0.25) is 9.36 Å². The van der Waals surface area contributed by atoms with Crippen LogP contribution < -0.4 is 5.56 Å². The van der Waals surface area contributed by atoms with E-state index in [-0.39, 0.29) is 10.3 Å². The van der Waals surface area contributed by atoms with Gasteiger partial charge in [0.2, 0.25) is 0 Å². The van der Waals surface area contributed by atoms with E-state index in [1.54, 1.807) is 11.3 Å². The van der Waals surface area contributed by atoms with Gasteiger partial charge >= 0.3 is 0 Å². The Labute approximate surface area is 120 Å². The van der Waals surface area contributed by atoms with Crippen LogP contribution in [0.25, 0.3) is 10.2 Å². The van der Waals surface area contributed by atoms with Crippen LogP contribution in [0.3, 0.4) is 0 Å². The molecule has 0 N–H and O–H groups in total. The van der Waals surface area contributed by atoms with E-state index in [0.717, 1.165) is 47.6 Å². The van der Waals surface area contributed by atoms with Crippen molar-refractivity contribution in [2.45, 2.75) is 50.2 Å². The predicted octanol–water partition coefficient (Wildman–Crippen LogP) is 2.97.